The highest BCUT2D eigenvalue weighted by Gasteiger charge is 2.64. The number of nitrogens with zero attached hydrogens (tertiary/aromatic N) is 1. The van der Waals surface area contributed by atoms with E-state index in [9.17, 15) is 23.6 Å². The number of alkyl halides is 1. The molecule has 0 aromatic heterocycles. The first-order chi connectivity index (χ1) is 16.9. The SMILES string of the molecule is O=C(CN1C(=O)[C@@H]2[C@@H]3C[C@@H]([C@H]2C1=O)[C@@H](c1ccccc1)C3)O[C@@H](CCCl)C(=O)c1ccc(F)cc1. The van der Waals surface area contributed by atoms with E-state index in [-0.39, 0.29) is 53.4 Å². The zero-order valence-corrected chi connectivity index (χ0v) is 19.7. The first-order valence-electron chi connectivity index (χ1n) is 11.8. The van der Waals surface area contributed by atoms with Crippen LogP contribution in [0.2, 0.25) is 0 Å². The molecule has 0 unspecified atom stereocenters. The average Bonchev–Trinajstić information content (AvgIpc) is 3.52. The van der Waals surface area contributed by atoms with Gasteiger partial charge in [0, 0.05) is 17.9 Å². The predicted molar refractivity (Wildman–Crippen MR) is 125 cm³/mol. The van der Waals surface area contributed by atoms with E-state index in [0.29, 0.717) is 0 Å². The van der Waals surface area contributed by atoms with Crippen LogP contribution >= 0.6 is 11.6 Å². The summed E-state index contributed by atoms with van der Waals surface area (Å²) in [5.74, 6) is -2.83. The quantitative estimate of drug-likeness (QED) is 0.238. The lowest BCUT2D eigenvalue weighted by Crippen LogP contribution is -2.40. The van der Waals surface area contributed by atoms with E-state index in [1.807, 2.05) is 18.2 Å². The number of amides is 2. The van der Waals surface area contributed by atoms with Crippen LogP contribution in [0.15, 0.2) is 54.6 Å². The van der Waals surface area contributed by atoms with Gasteiger partial charge in [0.25, 0.3) is 0 Å². The molecule has 0 N–H and O–H groups in total. The van der Waals surface area contributed by atoms with E-state index < -0.39 is 36.1 Å². The second kappa shape index (κ2) is 9.53. The van der Waals surface area contributed by atoms with E-state index in [1.54, 1.807) is 0 Å². The van der Waals surface area contributed by atoms with Crippen molar-refractivity contribution < 1.29 is 28.3 Å². The van der Waals surface area contributed by atoms with Gasteiger partial charge in [-0.05, 0) is 60.4 Å². The third kappa shape index (κ3) is 4.27. The van der Waals surface area contributed by atoms with Crippen LogP contribution in [0.4, 0.5) is 4.39 Å². The minimum Gasteiger partial charge on any atom is -0.453 e. The Bertz CT molecular complexity index is 1150. The monoisotopic (exact) mass is 497 g/mol. The molecule has 0 radical (unpaired) electrons. The van der Waals surface area contributed by atoms with Crippen LogP contribution in [0.3, 0.4) is 0 Å². The fourth-order valence-corrected chi connectivity index (χ4v) is 6.43. The van der Waals surface area contributed by atoms with Gasteiger partial charge in [0.15, 0.2) is 6.10 Å². The summed E-state index contributed by atoms with van der Waals surface area (Å²) in [4.78, 5) is 52.9. The molecule has 2 saturated carbocycles. The number of carbonyl (C=O) groups is 4. The molecule has 6 nitrogen and oxygen atoms in total. The Labute approximate surface area is 207 Å². The van der Waals surface area contributed by atoms with Gasteiger partial charge < -0.3 is 4.74 Å². The second-order valence-electron chi connectivity index (χ2n) is 9.55. The van der Waals surface area contributed by atoms with Gasteiger partial charge in [0.2, 0.25) is 17.6 Å². The standard InChI is InChI=1S/C27H25ClFNO5/c28-11-10-21(25(32)16-6-8-18(29)9-7-16)35-22(31)14-30-26(33)23-17-12-19(15-4-2-1-3-5-15)20(13-17)24(23)27(30)34/h1-9,17,19-21,23-24H,10-14H2/t17-,19+,20+,21-,23+,24+/m0/s1. The van der Waals surface area contributed by atoms with Gasteiger partial charge in [0.1, 0.15) is 12.4 Å². The fraction of sp³-hybridized carbons (Fsp3) is 0.407. The maximum Gasteiger partial charge on any atom is 0.326 e. The van der Waals surface area contributed by atoms with Crippen molar-refractivity contribution in [3.8, 4) is 0 Å². The summed E-state index contributed by atoms with van der Waals surface area (Å²) >= 11 is 5.80. The molecule has 1 saturated heterocycles. The topological polar surface area (TPSA) is 80.8 Å². The van der Waals surface area contributed by atoms with Crippen LogP contribution < -0.4 is 0 Å². The number of rotatable bonds is 8. The smallest absolute Gasteiger partial charge is 0.326 e. The third-order valence-electron chi connectivity index (χ3n) is 7.69. The summed E-state index contributed by atoms with van der Waals surface area (Å²) < 4.78 is 18.6. The lowest BCUT2D eigenvalue weighted by atomic mass is 9.73. The zero-order valence-electron chi connectivity index (χ0n) is 18.9. The number of Topliss-reactive ketones (excluding diaryl/α,β-unsaturated/α-hetero) is 1. The number of halogens is 2. The van der Waals surface area contributed by atoms with Gasteiger partial charge in [-0.25, -0.2) is 4.39 Å². The van der Waals surface area contributed by atoms with Gasteiger partial charge in [-0.15, -0.1) is 11.6 Å². The number of fused-ring (bicyclic) bond motifs is 5. The Hall–Kier alpha value is -3.06. The third-order valence-corrected chi connectivity index (χ3v) is 7.91. The van der Waals surface area contributed by atoms with E-state index in [4.69, 9.17) is 16.3 Å². The maximum atomic E-state index is 13.3. The van der Waals surface area contributed by atoms with Crippen molar-refractivity contribution >= 4 is 35.2 Å². The molecule has 1 heterocycles. The summed E-state index contributed by atoms with van der Waals surface area (Å²) in [6, 6.07) is 14.9. The number of hydrogen-bond acceptors (Lipinski definition) is 5. The molecule has 3 fully saturated rings. The van der Waals surface area contributed by atoms with Gasteiger partial charge in [-0.3, -0.25) is 24.1 Å². The lowest BCUT2D eigenvalue weighted by Gasteiger charge is -2.28. The number of ether oxygens (including phenoxy) is 1. The van der Waals surface area contributed by atoms with Crippen molar-refractivity contribution in [1.82, 2.24) is 4.90 Å². The van der Waals surface area contributed by atoms with E-state index in [0.717, 1.165) is 29.9 Å². The van der Waals surface area contributed by atoms with Gasteiger partial charge >= 0.3 is 5.97 Å². The number of esters is 1. The van der Waals surface area contributed by atoms with Gasteiger partial charge in [-0.2, -0.15) is 0 Å². The van der Waals surface area contributed by atoms with Crippen molar-refractivity contribution in [3.05, 3.63) is 71.5 Å². The Morgan fingerprint density at radius 3 is 2.37 bits per heavy atom. The molecule has 182 valence electrons. The Morgan fingerprint density at radius 2 is 1.69 bits per heavy atom. The number of carbonyl (C=O) groups excluding carboxylic acids is 4. The van der Waals surface area contributed by atoms with Crippen LogP contribution in [0.25, 0.3) is 0 Å². The Kier molecular flexibility index (Phi) is 6.45. The molecular weight excluding hydrogens is 473 g/mol. The summed E-state index contributed by atoms with van der Waals surface area (Å²) in [6.45, 7) is -0.532. The molecule has 5 rings (SSSR count). The summed E-state index contributed by atoms with van der Waals surface area (Å²) in [7, 11) is 0. The highest BCUT2D eigenvalue weighted by atomic mass is 35.5. The van der Waals surface area contributed by atoms with Crippen LogP contribution in [0.1, 0.15) is 41.1 Å². The van der Waals surface area contributed by atoms with E-state index >= 15 is 0 Å². The van der Waals surface area contributed by atoms with Crippen LogP contribution in [0.5, 0.6) is 0 Å². The summed E-state index contributed by atoms with van der Waals surface area (Å²) in [5, 5.41) is 0. The largest absolute Gasteiger partial charge is 0.453 e. The minimum atomic E-state index is -1.18. The maximum absolute atomic E-state index is 13.3. The Balaban J connectivity index is 1.27. The second-order valence-corrected chi connectivity index (χ2v) is 9.93. The molecule has 2 aliphatic carbocycles. The first kappa shape index (κ1) is 23.7. The van der Waals surface area contributed by atoms with Crippen molar-refractivity contribution in [3.63, 3.8) is 0 Å². The molecule has 3 aliphatic rings. The highest BCUT2D eigenvalue weighted by Crippen LogP contribution is 2.61. The molecule has 0 spiro atoms. The number of hydrogen-bond donors (Lipinski definition) is 0. The first-order valence-corrected chi connectivity index (χ1v) is 12.4. The highest BCUT2D eigenvalue weighted by molar-refractivity contribution is 6.18. The molecular formula is C27H25ClFNO5. The summed E-state index contributed by atoms with van der Waals surface area (Å²) in [5.41, 5.74) is 1.36. The van der Waals surface area contributed by atoms with Gasteiger partial charge in [-0.1, -0.05) is 30.3 Å². The van der Waals surface area contributed by atoms with E-state index in [1.165, 1.54) is 17.7 Å². The number of imide groups is 1. The average molecular weight is 498 g/mol. The molecule has 6 atom stereocenters. The van der Waals surface area contributed by atoms with E-state index in [2.05, 4.69) is 12.1 Å². The Morgan fingerprint density at radius 1 is 1.00 bits per heavy atom. The minimum absolute atomic E-state index is 0.0551. The lowest BCUT2D eigenvalue weighted by molar-refractivity contribution is -0.155. The molecule has 2 aromatic carbocycles. The van der Waals surface area contributed by atoms with Crippen LogP contribution in [-0.4, -0.2) is 47.0 Å². The molecule has 1 aliphatic heterocycles. The fourth-order valence-electron chi connectivity index (χ4n) is 6.23. The molecule has 8 heteroatoms. The predicted octanol–water partition coefficient (Wildman–Crippen LogP) is 3.97. The van der Waals surface area contributed by atoms with Crippen molar-refractivity contribution in [2.75, 3.05) is 12.4 Å². The number of benzene rings is 2. The summed E-state index contributed by atoms with van der Waals surface area (Å²) in [6.07, 6.45) is 0.571. The van der Waals surface area contributed by atoms with Crippen LogP contribution in [0, 0.1) is 29.5 Å². The van der Waals surface area contributed by atoms with Gasteiger partial charge in [0.05, 0.1) is 11.8 Å². The normalized spacial score (nSPS) is 27.7. The number of likely N-dealkylation sites (tertiary alicyclic amines) is 1. The number of ketones is 1. The van der Waals surface area contributed by atoms with Crippen molar-refractivity contribution in [1.29, 1.82) is 0 Å². The molecule has 35 heavy (non-hydrogen) atoms. The molecule has 2 bridgehead atoms. The molecule has 2 aromatic rings. The van der Waals surface area contributed by atoms with Crippen molar-refractivity contribution in [2.45, 2.75) is 31.3 Å². The zero-order chi connectivity index (χ0) is 24.7. The van der Waals surface area contributed by atoms with Crippen molar-refractivity contribution in [2.24, 2.45) is 23.7 Å². The molecule has 2 amide bonds. The van der Waals surface area contributed by atoms with Crippen LogP contribution in [-0.2, 0) is 19.1 Å².